The van der Waals surface area contributed by atoms with Crippen LogP contribution >= 0.6 is 12.4 Å². The van der Waals surface area contributed by atoms with Crippen LogP contribution in [-0.2, 0) is 0 Å². The van der Waals surface area contributed by atoms with E-state index in [9.17, 15) is 0 Å². The number of rotatable bonds is 1. The van der Waals surface area contributed by atoms with E-state index >= 15 is 0 Å². The lowest BCUT2D eigenvalue weighted by Gasteiger charge is -2.27. The van der Waals surface area contributed by atoms with Gasteiger partial charge in [0, 0.05) is 6.04 Å². The lowest BCUT2D eigenvalue weighted by Crippen LogP contribution is -2.26. The van der Waals surface area contributed by atoms with Crippen molar-refractivity contribution in [2.24, 2.45) is 11.1 Å². The van der Waals surface area contributed by atoms with Crippen LogP contribution in [0.2, 0.25) is 0 Å². The second kappa shape index (κ2) is 4.81. The summed E-state index contributed by atoms with van der Waals surface area (Å²) in [6, 6.07) is 8.54. The molecule has 0 heterocycles. The van der Waals surface area contributed by atoms with Crippen molar-refractivity contribution in [1.29, 1.82) is 0 Å². The monoisotopic (exact) mass is 213 g/mol. The number of benzene rings is 1. The number of halogens is 1. The molecular weight excluding hydrogens is 194 g/mol. The first kappa shape index (κ1) is 13.5. The largest absolute Gasteiger partial charge is 0.324 e. The van der Waals surface area contributed by atoms with Crippen LogP contribution in [0.5, 0.6) is 0 Å². The minimum Gasteiger partial charge on any atom is -0.324 e. The summed E-state index contributed by atoms with van der Waals surface area (Å²) in [6.45, 7) is 8.60. The summed E-state index contributed by atoms with van der Waals surface area (Å²) in [7, 11) is 0. The molecular formula is C12H20ClN. The Labute approximate surface area is 93.1 Å². The summed E-state index contributed by atoms with van der Waals surface area (Å²) in [5, 5.41) is 0. The molecule has 0 aliphatic rings. The molecule has 2 N–H and O–H groups in total. The molecule has 0 amide bonds. The molecule has 0 bridgehead atoms. The van der Waals surface area contributed by atoms with Gasteiger partial charge in [-0.15, -0.1) is 12.4 Å². The normalized spacial score (nSPS) is 13.2. The number of nitrogens with two attached hydrogens (primary N) is 1. The third kappa shape index (κ3) is 3.32. The van der Waals surface area contributed by atoms with Crippen molar-refractivity contribution in [3.63, 3.8) is 0 Å². The molecule has 0 saturated heterocycles. The van der Waals surface area contributed by atoms with E-state index in [2.05, 4.69) is 52.0 Å². The third-order valence-electron chi connectivity index (χ3n) is 2.33. The highest BCUT2D eigenvalue weighted by molar-refractivity contribution is 5.85. The van der Waals surface area contributed by atoms with E-state index in [0.717, 1.165) is 0 Å². The fourth-order valence-electron chi connectivity index (χ4n) is 1.36. The molecule has 0 aromatic heterocycles. The summed E-state index contributed by atoms with van der Waals surface area (Å²) in [5.74, 6) is 0. The van der Waals surface area contributed by atoms with Crippen molar-refractivity contribution in [1.82, 2.24) is 0 Å². The predicted molar refractivity (Wildman–Crippen MR) is 64.8 cm³/mol. The highest BCUT2D eigenvalue weighted by Crippen LogP contribution is 2.30. The van der Waals surface area contributed by atoms with Crippen LogP contribution in [0.25, 0.3) is 0 Å². The molecule has 1 nitrogen and oxygen atoms in total. The van der Waals surface area contributed by atoms with E-state index in [0.29, 0.717) is 0 Å². The van der Waals surface area contributed by atoms with Crippen molar-refractivity contribution in [3.8, 4) is 0 Å². The van der Waals surface area contributed by atoms with E-state index in [1.807, 2.05) is 0 Å². The molecule has 0 spiro atoms. The van der Waals surface area contributed by atoms with Gasteiger partial charge in [0.15, 0.2) is 0 Å². The zero-order valence-corrected chi connectivity index (χ0v) is 10.2. The summed E-state index contributed by atoms with van der Waals surface area (Å²) >= 11 is 0. The Bertz CT molecular complexity index is 289. The maximum Gasteiger partial charge on any atom is 0.0344 e. The van der Waals surface area contributed by atoms with Crippen molar-refractivity contribution in [2.75, 3.05) is 0 Å². The fourth-order valence-corrected chi connectivity index (χ4v) is 1.36. The van der Waals surface area contributed by atoms with Crippen LogP contribution < -0.4 is 5.73 Å². The summed E-state index contributed by atoms with van der Waals surface area (Å²) in [4.78, 5) is 0. The van der Waals surface area contributed by atoms with Crippen molar-refractivity contribution < 1.29 is 0 Å². The minimum absolute atomic E-state index is 0. The Morgan fingerprint density at radius 3 is 2.21 bits per heavy atom. The van der Waals surface area contributed by atoms with E-state index < -0.39 is 0 Å². The molecule has 0 saturated carbocycles. The highest BCUT2D eigenvalue weighted by atomic mass is 35.5. The standard InChI is InChI=1S/C12H19N.ClH/c1-9-6-5-7-10(8-9)11(13)12(2,3)4;/h5-8,11H,13H2,1-4H3;1H/t11-;/m0./s1. The minimum atomic E-state index is 0. The topological polar surface area (TPSA) is 26.0 Å². The number of hydrogen-bond acceptors (Lipinski definition) is 1. The number of hydrogen-bond donors (Lipinski definition) is 1. The third-order valence-corrected chi connectivity index (χ3v) is 2.33. The lowest BCUT2D eigenvalue weighted by atomic mass is 9.83. The molecule has 2 heteroatoms. The Kier molecular flexibility index (Phi) is 4.63. The molecule has 0 fully saturated rings. The molecule has 14 heavy (non-hydrogen) atoms. The van der Waals surface area contributed by atoms with Crippen molar-refractivity contribution >= 4 is 12.4 Å². The van der Waals surface area contributed by atoms with Gasteiger partial charge in [0.25, 0.3) is 0 Å². The Balaban J connectivity index is 0.00000169. The predicted octanol–water partition coefficient (Wildman–Crippen LogP) is 3.46. The average molecular weight is 214 g/mol. The van der Waals surface area contributed by atoms with Crippen LogP contribution in [0.1, 0.15) is 37.9 Å². The lowest BCUT2D eigenvalue weighted by molar-refractivity contribution is 0.327. The first-order valence-corrected chi connectivity index (χ1v) is 4.73. The molecule has 0 radical (unpaired) electrons. The van der Waals surface area contributed by atoms with E-state index in [1.165, 1.54) is 11.1 Å². The van der Waals surface area contributed by atoms with Gasteiger partial charge < -0.3 is 5.73 Å². The van der Waals surface area contributed by atoms with Crippen LogP contribution in [0.4, 0.5) is 0 Å². The summed E-state index contributed by atoms with van der Waals surface area (Å²) < 4.78 is 0. The van der Waals surface area contributed by atoms with Crippen LogP contribution in [0.15, 0.2) is 24.3 Å². The van der Waals surface area contributed by atoms with Gasteiger partial charge in [-0.2, -0.15) is 0 Å². The summed E-state index contributed by atoms with van der Waals surface area (Å²) in [6.07, 6.45) is 0. The summed E-state index contributed by atoms with van der Waals surface area (Å²) in [5.41, 5.74) is 8.78. The maximum atomic E-state index is 6.14. The van der Waals surface area contributed by atoms with Crippen LogP contribution in [0.3, 0.4) is 0 Å². The molecule has 0 aliphatic carbocycles. The van der Waals surface area contributed by atoms with Crippen molar-refractivity contribution in [2.45, 2.75) is 33.7 Å². The van der Waals surface area contributed by atoms with Gasteiger partial charge in [-0.25, -0.2) is 0 Å². The smallest absolute Gasteiger partial charge is 0.0344 e. The average Bonchev–Trinajstić information content (AvgIpc) is 2.01. The van der Waals surface area contributed by atoms with Gasteiger partial charge in [-0.3, -0.25) is 0 Å². The van der Waals surface area contributed by atoms with Gasteiger partial charge in [-0.05, 0) is 17.9 Å². The first-order chi connectivity index (χ1) is 5.91. The van der Waals surface area contributed by atoms with Crippen LogP contribution in [-0.4, -0.2) is 0 Å². The highest BCUT2D eigenvalue weighted by Gasteiger charge is 2.21. The molecule has 1 aromatic rings. The zero-order valence-electron chi connectivity index (χ0n) is 9.37. The quantitative estimate of drug-likeness (QED) is 0.760. The second-order valence-electron chi connectivity index (χ2n) is 4.76. The molecule has 0 aliphatic heterocycles. The molecule has 1 aromatic carbocycles. The zero-order chi connectivity index (χ0) is 10.1. The van der Waals surface area contributed by atoms with Gasteiger partial charge in [0.05, 0.1) is 0 Å². The van der Waals surface area contributed by atoms with E-state index in [4.69, 9.17) is 5.73 Å². The first-order valence-electron chi connectivity index (χ1n) is 4.73. The van der Waals surface area contributed by atoms with Gasteiger partial charge in [0.1, 0.15) is 0 Å². The van der Waals surface area contributed by atoms with E-state index in [-0.39, 0.29) is 23.9 Å². The van der Waals surface area contributed by atoms with Gasteiger partial charge in [-0.1, -0.05) is 50.6 Å². The number of aryl methyl sites for hydroxylation is 1. The fraction of sp³-hybridized carbons (Fsp3) is 0.500. The Hall–Kier alpha value is -0.530. The van der Waals surface area contributed by atoms with Gasteiger partial charge in [0.2, 0.25) is 0 Å². The molecule has 80 valence electrons. The molecule has 0 unspecified atom stereocenters. The molecule has 1 rings (SSSR count). The van der Waals surface area contributed by atoms with Crippen molar-refractivity contribution in [3.05, 3.63) is 35.4 Å². The Morgan fingerprint density at radius 1 is 1.21 bits per heavy atom. The SMILES string of the molecule is Cc1cccc([C@H](N)C(C)(C)C)c1.Cl. The van der Waals surface area contributed by atoms with Gasteiger partial charge >= 0.3 is 0 Å². The van der Waals surface area contributed by atoms with E-state index in [1.54, 1.807) is 0 Å². The Morgan fingerprint density at radius 2 is 1.79 bits per heavy atom. The molecule has 1 atom stereocenters. The maximum absolute atomic E-state index is 6.14. The second-order valence-corrected chi connectivity index (χ2v) is 4.76. The van der Waals surface area contributed by atoms with Crippen LogP contribution in [0, 0.1) is 12.3 Å².